The number of rotatable bonds is 5. The van der Waals surface area contributed by atoms with E-state index in [4.69, 9.17) is 9.47 Å². The molecule has 1 saturated heterocycles. The summed E-state index contributed by atoms with van der Waals surface area (Å²) in [6.07, 6.45) is 6.83. The molecule has 0 bridgehead atoms. The number of Topliss-reactive ketones (excluding diaryl/α,β-unsaturated/α-hetero) is 1. The van der Waals surface area contributed by atoms with Gasteiger partial charge in [0.2, 0.25) is 0 Å². The van der Waals surface area contributed by atoms with Crippen molar-refractivity contribution in [1.82, 2.24) is 0 Å². The average molecular weight is 254 g/mol. The summed E-state index contributed by atoms with van der Waals surface area (Å²) < 4.78 is 11.5. The number of hydrogen-bond donors (Lipinski definition) is 0. The second kappa shape index (κ2) is 5.30. The van der Waals surface area contributed by atoms with Gasteiger partial charge in [0.15, 0.2) is 5.78 Å². The van der Waals surface area contributed by atoms with Gasteiger partial charge in [0.1, 0.15) is 5.60 Å². The van der Waals surface area contributed by atoms with Crippen molar-refractivity contribution in [3.63, 3.8) is 0 Å². The maximum atomic E-state index is 12.8. The van der Waals surface area contributed by atoms with E-state index in [2.05, 4.69) is 0 Å². The molecule has 0 amide bonds. The zero-order valence-corrected chi connectivity index (χ0v) is 12.0. The van der Waals surface area contributed by atoms with E-state index in [0.717, 1.165) is 45.1 Å². The first-order valence-electron chi connectivity index (χ1n) is 7.35. The molecule has 2 fully saturated rings. The van der Waals surface area contributed by atoms with Gasteiger partial charge in [0.25, 0.3) is 0 Å². The monoisotopic (exact) mass is 254 g/mol. The van der Waals surface area contributed by atoms with Crippen molar-refractivity contribution < 1.29 is 14.3 Å². The molecule has 2 aliphatic rings. The van der Waals surface area contributed by atoms with Gasteiger partial charge in [0.05, 0.1) is 5.60 Å². The average Bonchev–Trinajstić information content (AvgIpc) is 2.39. The zero-order valence-electron chi connectivity index (χ0n) is 12.0. The van der Waals surface area contributed by atoms with Crippen LogP contribution in [0.4, 0.5) is 0 Å². The van der Waals surface area contributed by atoms with Gasteiger partial charge in [-0.2, -0.15) is 0 Å². The summed E-state index contributed by atoms with van der Waals surface area (Å²) in [5.41, 5.74) is -0.521. The van der Waals surface area contributed by atoms with E-state index < -0.39 is 5.60 Å². The molecule has 104 valence electrons. The second-order valence-corrected chi connectivity index (χ2v) is 5.84. The molecule has 3 heteroatoms. The van der Waals surface area contributed by atoms with Gasteiger partial charge >= 0.3 is 0 Å². The van der Waals surface area contributed by atoms with Gasteiger partial charge in [-0.25, -0.2) is 0 Å². The smallest absolute Gasteiger partial charge is 0.167 e. The molecule has 0 N–H and O–H groups in total. The van der Waals surface area contributed by atoms with Crippen LogP contribution in [0.15, 0.2) is 0 Å². The van der Waals surface area contributed by atoms with Gasteiger partial charge < -0.3 is 9.47 Å². The molecule has 0 aromatic rings. The fourth-order valence-electron chi connectivity index (χ4n) is 3.53. The van der Waals surface area contributed by atoms with Crippen LogP contribution in [-0.2, 0) is 14.3 Å². The molecule has 0 radical (unpaired) electrons. The van der Waals surface area contributed by atoms with Crippen molar-refractivity contribution in [2.75, 3.05) is 13.7 Å². The van der Waals surface area contributed by atoms with Gasteiger partial charge in [-0.15, -0.1) is 0 Å². The Bertz CT molecular complexity index is 295. The summed E-state index contributed by atoms with van der Waals surface area (Å²) in [5.74, 6) is 0.448. The van der Waals surface area contributed by atoms with Crippen LogP contribution in [0.5, 0.6) is 0 Å². The van der Waals surface area contributed by atoms with Crippen LogP contribution in [0.1, 0.15) is 58.8 Å². The highest BCUT2D eigenvalue weighted by Crippen LogP contribution is 2.45. The van der Waals surface area contributed by atoms with Crippen LogP contribution in [0.3, 0.4) is 0 Å². The predicted octanol–water partition coefficient (Wildman–Crippen LogP) is 3.11. The molecule has 2 rings (SSSR count). The van der Waals surface area contributed by atoms with E-state index in [1.807, 2.05) is 13.8 Å². The molecule has 3 nitrogen and oxygen atoms in total. The summed E-state index contributed by atoms with van der Waals surface area (Å²) in [5, 5.41) is 0. The fourth-order valence-corrected chi connectivity index (χ4v) is 3.53. The first kappa shape index (κ1) is 14.0. The number of hydrogen-bond acceptors (Lipinski definition) is 3. The third-order valence-corrected chi connectivity index (χ3v) is 5.11. The van der Waals surface area contributed by atoms with Crippen LogP contribution >= 0.6 is 0 Å². The first-order chi connectivity index (χ1) is 8.61. The highest BCUT2D eigenvalue weighted by molar-refractivity contribution is 5.89. The van der Waals surface area contributed by atoms with E-state index >= 15 is 0 Å². The maximum absolute atomic E-state index is 12.8. The molecule has 1 unspecified atom stereocenters. The molecule has 0 aromatic heterocycles. The van der Waals surface area contributed by atoms with Crippen LogP contribution in [0.2, 0.25) is 0 Å². The van der Waals surface area contributed by atoms with Crippen LogP contribution < -0.4 is 0 Å². The quantitative estimate of drug-likeness (QED) is 0.756. The Kier molecular flexibility index (Phi) is 4.12. The minimum absolute atomic E-state index is 0.0412. The number of ether oxygens (including phenoxy) is 2. The van der Waals surface area contributed by atoms with Crippen molar-refractivity contribution in [2.24, 2.45) is 5.92 Å². The van der Waals surface area contributed by atoms with Gasteiger partial charge in [-0.1, -0.05) is 13.8 Å². The van der Waals surface area contributed by atoms with Crippen molar-refractivity contribution >= 4 is 5.78 Å². The Balaban J connectivity index is 2.07. The van der Waals surface area contributed by atoms with E-state index in [-0.39, 0.29) is 11.5 Å². The minimum atomic E-state index is -0.563. The highest BCUT2D eigenvalue weighted by Gasteiger charge is 2.48. The van der Waals surface area contributed by atoms with Crippen LogP contribution in [0.25, 0.3) is 0 Å². The maximum Gasteiger partial charge on any atom is 0.167 e. The van der Waals surface area contributed by atoms with Crippen LogP contribution in [-0.4, -0.2) is 30.7 Å². The summed E-state index contributed by atoms with van der Waals surface area (Å²) in [6.45, 7) is 4.83. The zero-order chi connectivity index (χ0) is 13.2. The Morgan fingerprint density at radius 2 is 2.06 bits per heavy atom. The normalized spacial score (nSPS) is 26.9. The summed E-state index contributed by atoms with van der Waals surface area (Å²) in [4.78, 5) is 12.8. The molecule has 1 saturated carbocycles. The fraction of sp³-hybridized carbons (Fsp3) is 0.933. The van der Waals surface area contributed by atoms with E-state index in [0.29, 0.717) is 5.78 Å². The highest BCUT2D eigenvalue weighted by atomic mass is 16.5. The van der Waals surface area contributed by atoms with Crippen molar-refractivity contribution in [1.29, 1.82) is 0 Å². The third-order valence-electron chi connectivity index (χ3n) is 5.11. The van der Waals surface area contributed by atoms with E-state index in [9.17, 15) is 4.79 Å². The Morgan fingerprint density at radius 3 is 2.50 bits per heavy atom. The molecule has 1 aliphatic heterocycles. The first-order valence-corrected chi connectivity index (χ1v) is 7.35. The van der Waals surface area contributed by atoms with Gasteiger partial charge in [-0.3, -0.25) is 4.79 Å². The molecular formula is C15H26O3. The van der Waals surface area contributed by atoms with Crippen molar-refractivity contribution in [3.8, 4) is 0 Å². The molecule has 18 heavy (non-hydrogen) atoms. The second-order valence-electron chi connectivity index (χ2n) is 5.84. The van der Waals surface area contributed by atoms with E-state index in [1.54, 1.807) is 7.11 Å². The summed E-state index contributed by atoms with van der Waals surface area (Å²) in [7, 11) is 1.67. The molecular weight excluding hydrogens is 228 g/mol. The standard InChI is InChI=1S/C15H26O3/c1-4-15(5-2,17-3)13(16)12-7-10-18-14(11-12)8-6-9-14/h12H,4-11H2,1-3H3. The molecule has 1 heterocycles. The topological polar surface area (TPSA) is 35.5 Å². The Hall–Kier alpha value is -0.410. The largest absolute Gasteiger partial charge is 0.375 e. The summed E-state index contributed by atoms with van der Waals surface area (Å²) >= 11 is 0. The molecule has 1 spiro atoms. The Morgan fingerprint density at radius 1 is 1.39 bits per heavy atom. The number of carbonyl (C=O) groups is 1. The lowest BCUT2D eigenvalue weighted by Crippen LogP contribution is -2.51. The third kappa shape index (κ3) is 2.23. The lowest BCUT2D eigenvalue weighted by Gasteiger charge is -2.48. The Labute approximate surface area is 110 Å². The summed E-state index contributed by atoms with van der Waals surface area (Å²) in [6, 6.07) is 0. The van der Waals surface area contributed by atoms with Gasteiger partial charge in [0, 0.05) is 19.6 Å². The van der Waals surface area contributed by atoms with Crippen molar-refractivity contribution in [3.05, 3.63) is 0 Å². The van der Waals surface area contributed by atoms with Crippen molar-refractivity contribution in [2.45, 2.75) is 70.0 Å². The lowest BCUT2D eigenvalue weighted by molar-refractivity contribution is -0.169. The minimum Gasteiger partial charge on any atom is -0.375 e. The number of ketones is 1. The molecule has 1 aliphatic carbocycles. The van der Waals surface area contributed by atoms with Crippen LogP contribution in [0, 0.1) is 5.92 Å². The predicted molar refractivity (Wildman–Crippen MR) is 70.6 cm³/mol. The lowest BCUT2D eigenvalue weighted by atomic mass is 9.69. The van der Waals surface area contributed by atoms with E-state index in [1.165, 1.54) is 6.42 Å². The number of carbonyl (C=O) groups excluding carboxylic acids is 1. The molecule has 1 atom stereocenters. The molecule has 0 aromatic carbocycles. The number of methoxy groups -OCH3 is 1. The SMILES string of the molecule is CCC(CC)(OC)C(=O)C1CCOC2(CCC2)C1. The van der Waals surface area contributed by atoms with Gasteiger partial charge in [-0.05, 0) is 44.9 Å².